The average Bonchev–Trinajstić information content (AvgIpc) is 3.15. The number of para-hydroxylation sites is 1. The maximum atomic E-state index is 12.6. The average molecular weight is 297 g/mol. The van der Waals surface area contributed by atoms with E-state index in [1.54, 1.807) is 6.20 Å². The maximum Gasteiger partial charge on any atom is 0.322 e. The summed E-state index contributed by atoms with van der Waals surface area (Å²) in [5, 5.41) is 11.0. The van der Waals surface area contributed by atoms with Crippen molar-refractivity contribution in [3.63, 3.8) is 0 Å². The zero-order valence-corrected chi connectivity index (χ0v) is 12.3. The first-order valence-corrected chi connectivity index (χ1v) is 7.81. The molecular formula is C16H19N5O. The van der Waals surface area contributed by atoms with E-state index >= 15 is 0 Å². The van der Waals surface area contributed by atoms with Gasteiger partial charge in [-0.3, -0.25) is 0 Å². The highest BCUT2D eigenvalue weighted by Gasteiger charge is 2.44. The van der Waals surface area contributed by atoms with E-state index in [0.29, 0.717) is 18.1 Å². The summed E-state index contributed by atoms with van der Waals surface area (Å²) in [4.78, 5) is 14.6. The van der Waals surface area contributed by atoms with Crippen LogP contribution in [-0.2, 0) is 0 Å². The van der Waals surface area contributed by atoms with Gasteiger partial charge in [0.15, 0.2) is 0 Å². The Morgan fingerprint density at radius 1 is 1.09 bits per heavy atom. The molecule has 3 heterocycles. The number of carbonyl (C=O) groups excluding carboxylic acids is 1. The van der Waals surface area contributed by atoms with Crippen molar-refractivity contribution in [1.82, 2.24) is 19.9 Å². The summed E-state index contributed by atoms with van der Waals surface area (Å²) in [6, 6.07) is 10.6. The Balaban J connectivity index is 1.47. The number of rotatable bonds is 2. The van der Waals surface area contributed by atoms with Gasteiger partial charge in [-0.1, -0.05) is 23.4 Å². The Hall–Kier alpha value is -2.37. The van der Waals surface area contributed by atoms with E-state index in [4.69, 9.17) is 0 Å². The number of aromatic nitrogens is 3. The van der Waals surface area contributed by atoms with E-state index in [1.807, 2.05) is 46.1 Å². The molecule has 0 radical (unpaired) electrons. The summed E-state index contributed by atoms with van der Waals surface area (Å²) in [6.07, 6.45) is 7.72. The number of amides is 2. The van der Waals surface area contributed by atoms with Crippen LogP contribution >= 0.6 is 0 Å². The zero-order valence-electron chi connectivity index (χ0n) is 12.3. The number of nitrogens with zero attached hydrogens (tertiary/aromatic N) is 4. The molecule has 2 aliphatic rings. The van der Waals surface area contributed by atoms with Crippen LogP contribution in [0, 0.1) is 0 Å². The van der Waals surface area contributed by atoms with Gasteiger partial charge in [-0.15, -0.1) is 5.10 Å². The lowest BCUT2D eigenvalue weighted by molar-refractivity contribution is 0.129. The second-order valence-electron chi connectivity index (χ2n) is 6.10. The van der Waals surface area contributed by atoms with E-state index < -0.39 is 0 Å². The fourth-order valence-corrected chi connectivity index (χ4v) is 3.82. The molecule has 6 nitrogen and oxygen atoms in total. The highest BCUT2D eigenvalue weighted by Crippen LogP contribution is 2.40. The Kier molecular flexibility index (Phi) is 3.29. The number of piperidine rings is 1. The van der Waals surface area contributed by atoms with E-state index in [1.165, 1.54) is 0 Å². The molecule has 2 amide bonds. The predicted octanol–water partition coefficient (Wildman–Crippen LogP) is 2.68. The van der Waals surface area contributed by atoms with Crippen molar-refractivity contribution in [3.05, 3.63) is 42.7 Å². The van der Waals surface area contributed by atoms with Crippen LogP contribution in [-0.4, -0.2) is 38.0 Å². The molecule has 22 heavy (non-hydrogen) atoms. The van der Waals surface area contributed by atoms with Crippen LogP contribution in [0.15, 0.2) is 42.7 Å². The summed E-state index contributed by atoms with van der Waals surface area (Å²) < 4.78 is 1.94. The molecule has 2 atom stereocenters. The molecular weight excluding hydrogens is 278 g/mol. The Morgan fingerprint density at radius 2 is 1.82 bits per heavy atom. The summed E-state index contributed by atoms with van der Waals surface area (Å²) in [6.45, 7) is 0. The number of fused-ring (bicyclic) bond motifs is 2. The zero-order chi connectivity index (χ0) is 14.9. The second-order valence-corrected chi connectivity index (χ2v) is 6.10. The van der Waals surface area contributed by atoms with Crippen molar-refractivity contribution >= 4 is 11.7 Å². The number of nitrogens with one attached hydrogen (secondary N) is 1. The summed E-state index contributed by atoms with van der Waals surface area (Å²) >= 11 is 0. The van der Waals surface area contributed by atoms with Crippen molar-refractivity contribution in [2.45, 2.75) is 43.8 Å². The summed E-state index contributed by atoms with van der Waals surface area (Å²) in [5.74, 6) is 0. The van der Waals surface area contributed by atoms with E-state index in [9.17, 15) is 4.79 Å². The molecule has 0 aliphatic carbocycles. The lowest BCUT2D eigenvalue weighted by atomic mass is 9.98. The van der Waals surface area contributed by atoms with Crippen LogP contribution in [0.1, 0.15) is 31.7 Å². The van der Waals surface area contributed by atoms with Crippen molar-refractivity contribution in [3.8, 4) is 0 Å². The molecule has 1 aromatic heterocycles. The fraction of sp³-hybridized carbons (Fsp3) is 0.438. The Bertz CT molecular complexity index is 628. The third kappa shape index (κ3) is 2.34. The maximum absolute atomic E-state index is 12.6. The van der Waals surface area contributed by atoms with Crippen molar-refractivity contribution in [2.24, 2.45) is 0 Å². The number of anilines is 1. The van der Waals surface area contributed by atoms with Gasteiger partial charge in [0.25, 0.3) is 0 Å². The molecule has 1 aromatic carbocycles. The highest BCUT2D eigenvalue weighted by atomic mass is 16.2. The quantitative estimate of drug-likeness (QED) is 0.927. The van der Waals surface area contributed by atoms with Gasteiger partial charge >= 0.3 is 6.03 Å². The first kappa shape index (κ1) is 13.3. The van der Waals surface area contributed by atoms with Crippen molar-refractivity contribution in [1.29, 1.82) is 0 Å². The second kappa shape index (κ2) is 5.44. The fourth-order valence-electron chi connectivity index (χ4n) is 3.82. The van der Waals surface area contributed by atoms with Gasteiger partial charge in [-0.05, 0) is 37.8 Å². The molecule has 6 heteroatoms. The van der Waals surface area contributed by atoms with Gasteiger partial charge in [0.05, 0.1) is 12.2 Å². The smallest absolute Gasteiger partial charge is 0.318 e. The Labute approximate surface area is 129 Å². The third-order valence-electron chi connectivity index (χ3n) is 4.78. The van der Waals surface area contributed by atoms with Gasteiger partial charge < -0.3 is 10.2 Å². The minimum Gasteiger partial charge on any atom is -0.318 e. The van der Waals surface area contributed by atoms with E-state index in [-0.39, 0.29) is 6.03 Å². The van der Waals surface area contributed by atoms with Crippen LogP contribution in [0.25, 0.3) is 0 Å². The Morgan fingerprint density at radius 3 is 2.45 bits per heavy atom. The predicted molar refractivity (Wildman–Crippen MR) is 82.4 cm³/mol. The van der Waals surface area contributed by atoms with Gasteiger partial charge in [0.1, 0.15) is 0 Å². The van der Waals surface area contributed by atoms with Gasteiger partial charge in [0, 0.05) is 24.0 Å². The first-order valence-electron chi connectivity index (χ1n) is 7.81. The molecule has 2 aromatic rings. The monoisotopic (exact) mass is 297 g/mol. The van der Waals surface area contributed by atoms with Gasteiger partial charge in [0.2, 0.25) is 0 Å². The molecule has 2 unspecified atom stereocenters. The molecule has 2 aliphatic heterocycles. The number of urea groups is 1. The number of carbonyl (C=O) groups is 1. The third-order valence-corrected chi connectivity index (χ3v) is 4.78. The minimum atomic E-state index is 0.0238. The van der Waals surface area contributed by atoms with Crippen molar-refractivity contribution in [2.75, 3.05) is 5.32 Å². The molecule has 2 saturated heterocycles. The van der Waals surface area contributed by atoms with E-state index in [2.05, 4.69) is 15.6 Å². The molecule has 0 saturated carbocycles. The minimum absolute atomic E-state index is 0.0238. The summed E-state index contributed by atoms with van der Waals surface area (Å²) in [5.41, 5.74) is 0.852. The normalized spacial score (nSPS) is 26.9. The van der Waals surface area contributed by atoms with Crippen LogP contribution in [0.4, 0.5) is 10.5 Å². The number of hydrogen-bond donors (Lipinski definition) is 1. The van der Waals surface area contributed by atoms with Gasteiger partial charge in [-0.25, -0.2) is 9.48 Å². The van der Waals surface area contributed by atoms with Crippen LogP contribution in [0.3, 0.4) is 0 Å². The van der Waals surface area contributed by atoms with Crippen LogP contribution in [0.2, 0.25) is 0 Å². The molecule has 1 N–H and O–H groups in total. The lowest BCUT2D eigenvalue weighted by Gasteiger charge is -2.38. The molecule has 2 fully saturated rings. The van der Waals surface area contributed by atoms with Crippen molar-refractivity contribution < 1.29 is 4.79 Å². The number of benzene rings is 1. The van der Waals surface area contributed by atoms with Gasteiger partial charge in [-0.2, -0.15) is 0 Å². The SMILES string of the molecule is O=C(Nc1ccccc1)N1C2CCC1CC(n1ccnn1)C2. The standard InChI is InChI=1S/C16H19N5O/c22-16(18-12-4-2-1-3-5-12)21-13-6-7-14(21)11-15(10-13)20-9-8-17-19-20/h1-5,8-9,13-15H,6-7,10-11H2,(H,18,22). The molecule has 0 spiro atoms. The lowest BCUT2D eigenvalue weighted by Crippen LogP contribution is -2.48. The molecule has 114 valence electrons. The molecule has 2 bridgehead atoms. The topological polar surface area (TPSA) is 63.1 Å². The first-order chi connectivity index (χ1) is 10.8. The summed E-state index contributed by atoms with van der Waals surface area (Å²) in [7, 11) is 0. The largest absolute Gasteiger partial charge is 0.322 e. The van der Waals surface area contributed by atoms with E-state index in [0.717, 1.165) is 31.4 Å². The number of hydrogen-bond acceptors (Lipinski definition) is 3. The van der Waals surface area contributed by atoms with Crippen LogP contribution in [0.5, 0.6) is 0 Å². The highest BCUT2D eigenvalue weighted by molar-refractivity contribution is 5.90. The van der Waals surface area contributed by atoms with Crippen LogP contribution < -0.4 is 5.32 Å². The molecule has 4 rings (SSSR count).